The van der Waals surface area contributed by atoms with E-state index in [1.54, 1.807) is 4.31 Å². The van der Waals surface area contributed by atoms with E-state index in [1.165, 1.54) is 6.26 Å². The zero-order valence-electron chi connectivity index (χ0n) is 14.0. The molecule has 0 aromatic heterocycles. The van der Waals surface area contributed by atoms with E-state index >= 15 is 0 Å². The van der Waals surface area contributed by atoms with Crippen molar-refractivity contribution in [3.8, 4) is 0 Å². The highest BCUT2D eigenvalue weighted by molar-refractivity contribution is 7.88. The summed E-state index contributed by atoms with van der Waals surface area (Å²) < 4.78 is 30.9. The van der Waals surface area contributed by atoms with Gasteiger partial charge in [0.05, 0.1) is 12.4 Å². The van der Waals surface area contributed by atoms with Crippen LogP contribution in [0.3, 0.4) is 0 Å². The Labute approximate surface area is 130 Å². The van der Waals surface area contributed by atoms with Gasteiger partial charge in [0.1, 0.15) is 0 Å². The van der Waals surface area contributed by atoms with Crippen LogP contribution < -0.4 is 5.32 Å². The van der Waals surface area contributed by atoms with Crippen LogP contribution in [0.2, 0.25) is 0 Å². The minimum atomic E-state index is -3.06. The molecule has 0 amide bonds. The first-order valence-corrected chi connectivity index (χ1v) is 10.1. The molecule has 126 valence electrons. The standard InChI is InChI=1S/C15H32N2O3S/c1-5-15(20-7-3)14(16-6-2)11-13-9-8-10-17(12-13)21(4,18)19/h13-16H,5-12H2,1-4H3. The molecule has 1 saturated heterocycles. The predicted molar refractivity (Wildman–Crippen MR) is 86.9 cm³/mol. The first kappa shape index (κ1) is 18.9. The third-order valence-corrected chi connectivity index (χ3v) is 5.51. The molecular formula is C15H32N2O3S. The number of nitrogens with zero attached hydrogens (tertiary/aromatic N) is 1. The fourth-order valence-corrected chi connectivity index (χ4v) is 4.18. The minimum Gasteiger partial charge on any atom is -0.377 e. The molecule has 5 nitrogen and oxygen atoms in total. The average Bonchev–Trinajstić information content (AvgIpc) is 2.44. The lowest BCUT2D eigenvalue weighted by atomic mass is 9.89. The molecule has 0 aliphatic carbocycles. The van der Waals surface area contributed by atoms with E-state index in [1.807, 2.05) is 6.92 Å². The molecule has 1 heterocycles. The van der Waals surface area contributed by atoms with E-state index in [2.05, 4.69) is 19.2 Å². The van der Waals surface area contributed by atoms with Crippen molar-refractivity contribution in [3.63, 3.8) is 0 Å². The molecular weight excluding hydrogens is 288 g/mol. The number of hydrogen-bond acceptors (Lipinski definition) is 4. The van der Waals surface area contributed by atoms with Crippen LogP contribution in [-0.4, -0.2) is 57.4 Å². The molecule has 1 fully saturated rings. The van der Waals surface area contributed by atoms with Gasteiger partial charge in [-0.25, -0.2) is 12.7 Å². The van der Waals surface area contributed by atoms with Crippen molar-refractivity contribution in [2.75, 3.05) is 32.5 Å². The summed E-state index contributed by atoms with van der Waals surface area (Å²) in [4.78, 5) is 0. The van der Waals surface area contributed by atoms with Gasteiger partial charge in [0, 0.05) is 25.7 Å². The van der Waals surface area contributed by atoms with Gasteiger partial charge in [-0.15, -0.1) is 0 Å². The maximum absolute atomic E-state index is 11.7. The van der Waals surface area contributed by atoms with Gasteiger partial charge in [-0.3, -0.25) is 0 Å². The monoisotopic (exact) mass is 320 g/mol. The fourth-order valence-electron chi connectivity index (χ4n) is 3.24. The Bertz CT molecular complexity index is 386. The van der Waals surface area contributed by atoms with Crippen LogP contribution in [0.1, 0.15) is 46.5 Å². The highest BCUT2D eigenvalue weighted by Crippen LogP contribution is 2.24. The van der Waals surface area contributed by atoms with Gasteiger partial charge >= 0.3 is 0 Å². The Kier molecular flexibility index (Phi) is 8.16. The van der Waals surface area contributed by atoms with Crippen molar-refractivity contribution in [3.05, 3.63) is 0 Å². The van der Waals surface area contributed by atoms with Crippen LogP contribution in [0.25, 0.3) is 0 Å². The summed E-state index contributed by atoms with van der Waals surface area (Å²) >= 11 is 0. The normalized spacial score (nSPS) is 23.9. The molecule has 1 N–H and O–H groups in total. The minimum absolute atomic E-state index is 0.212. The average molecular weight is 320 g/mol. The number of ether oxygens (including phenoxy) is 1. The second-order valence-corrected chi connectivity index (χ2v) is 7.91. The maximum atomic E-state index is 11.7. The second kappa shape index (κ2) is 9.08. The fraction of sp³-hybridized carbons (Fsp3) is 1.00. The van der Waals surface area contributed by atoms with Crippen molar-refractivity contribution in [2.45, 2.75) is 58.6 Å². The van der Waals surface area contributed by atoms with Gasteiger partial charge in [-0.1, -0.05) is 13.8 Å². The summed E-state index contributed by atoms with van der Waals surface area (Å²) in [5.41, 5.74) is 0. The van der Waals surface area contributed by atoms with Crippen molar-refractivity contribution < 1.29 is 13.2 Å². The van der Waals surface area contributed by atoms with Crippen LogP contribution in [0.4, 0.5) is 0 Å². The Hall–Kier alpha value is -0.170. The highest BCUT2D eigenvalue weighted by atomic mass is 32.2. The largest absolute Gasteiger partial charge is 0.377 e. The lowest BCUT2D eigenvalue weighted by Gasteiger charge is -2.35. The van der Waals surface area contributed by atoms with E-state index in [0.717, 1.165) is 38.8 Å². The van der Waals surface area contributed by atoms with Gasteiger partial charge < -0.3 is 10.1 Å². The summed E-state index contributed by atoms with van der Waals surface area (Å²) in [7, 11) is -3.06. The number of likely N-dealkylation sites (N-methyl/N-ethyl adjacent to an activating group) is 1. The predicted octanol–water partition coefficient (Wildman–Crippen LogP) is 1.84. The van der Waals surface area contributed by atoms with Crippen LogP contribution in [-0.2, 0) is 14.8 Å². The zero-order chi connectivity index (χ0) is 15.9. The Morgan fingerprint density at radius 2 is 2.05 bits per heavy atom. The molecule has 3 unspecified atom stereocenters. The second-order valence-electron chi connectivity index (χ2n) is 5.93. The molecule has 6 heteroatoms. The van der Waals surface area contributed by atoms with Gasteiger partial charge in [-0.2, -0.15) is 0 Å². The molecule has 0 aromatic rings. The van der Waals surface area contributed by atoms with Crippen molar-refractivity contribution in [1.29, 1.82) is 0 Å². The SMILES string of the molecule is CCNC(CC1CCCN(S(C)(=O)=O)C1)C(CC)OCC. The summed E-state index contributed by atoms with van der Waals surface area (Å²) in [5.74, 6) is 0.423. The molecule has 1 aliphatic rings. The van der Waals surface area contributed by atoms with Crippen molar-refractivity contribution in [1.82, 2.24) is 9.62 Å². The first-order chi connectivity index (χ1) is 9.92. The van der Waals surface area contributed by atoms with E-state index in [9.17, 15) is 8.42 Å². The Balaban J connectivity index is 2.65. The lowest BCUT2D eigenvalue weighted by Crippen LogP contribution is -2.46. The van der Waals surface area contributed by atoms with Crippen LogP contribution >= 0.6 is 0 Å². The van der Waals surface area contributed by atoms with Gasteiger partial charge in [0.15, 0.2) is 0 Å². The van der Waals surface area contributed by atoms with Crippen LogP contribution in [0, 0.1) is 5.92 Å². The van der Waals surface area contributed by atoms with Crippen molar-refractivity contribution >= 4 is 10.0 Å². The summed E-state index contributed by atoms with van der Waals surface area (Å²) in [6.45, 7) is 9.24. The van der Waals surface area contributed by atoms with Crippen molar-refractivity contribution in [2.24, 2.45) is 5.92 Å². The summed E-state index contributed by atoms with van der Waals surface area (Å²) in [5, 5.41) is 3.53. The van der Waals surface area contributed by atoms with E-state index in [4.69, 9.17) is 4.74 Å². The topological polar surface area (TPSA) is 58.6 Å². The number of rotatable bonds is 9. The van der Waals surface area contributed by atoms with Gasteiger partial charge in [-0.05, 0) is 45.1 Å². The molecule has 0 aromatic carbocycles. The smallest absolute Gasteiger partial charge is 0.211 e. The highest BCUT2D eigenvalue weighted by Gasteiger charge is 2.29. The molecule has 0 spiro atoms. The van der Waals surface area contributed by atoms with Gasteiger partial charge in [0.25, 0.3) is 0 Å². The summed E-state index contributed by atoms with van der Waals surface area (Å²) in [6, 6.07) is 0.310. The van der Waals surface area contributed by atoms with E-state index < -0.39 is 10.0 Å². The van der Waals surface area contributed by atoms with Crippen LogP contribution in [0.5, 0.6) is 0 Å². The van der Waals surface area contributed by atoms with Crippen LogP contribution in [0.15, 0.2) is 0 Å². The number of sulfonamides is 1. The zero-order valence-corrected chi connectivity index (χ0v) is 14.8. The number of piperidine rings is 1. The Morgan fingerprint density at radius 3 is 2.57 bits per heavy atom. The quantitative estimate of drug-likeness (QED) is 0.704. The molecule has 0 bridgehead atoms. The van der Waals surface area contributed by atoms with E-state index in [0.29, 0.717) is 25.0 Å². The number of nitrogens with one attached hydrogen (secondary N) is 1. The molecule has 21 heavy (non-hydrogen) atoms. The maximum Gasteiger partial charge on any atom is 0.211 e. The molecule has 0 radical (unpaired) electrons. The lowest BCUT2D eigenvalue weighted by molar-refractivity contribution is 0.0232. The third-order valence-electron chi connectivity index (χ3n) is 4.24. The third kappa shape index (κ3) is 6.22. The molecule has 1 aliphatic heterocycles. The number of hydrogen-bond donors (Lipinski definition) is 1. The molecule has 3 atom stereocenters. The molecule has 0 saturated carbocycles. The van der Waals surface area contributed by atoms with Gasteiger partial charge in [0.2, 0.25) is 10.0 Å². The van der Waals surface area contributed by atoms with E-state index in [-0.39, 0.29) is 6.10 Å². The Morgan fingerprint density at radius 1 is 1.33 bits per heavy atom. The molecule has 1 rings (SSSR count). The summed E-state index contributed by atoms with van der Waals surface area (Å²) in [6.07, 6.45) is 5.56. The first-order valence-electron chi connectivity index (χ1n) is 8.22.